The molecule has 3 heteroatoms. The molecule has 1 aliphatic rings. The van der Waals surface area contributed by atoms with Crippen LogP contribution in [0.2, 0.25) is 0 Å². The molecular weight excluding hydrogens is 178 g/mol. The second kappa shape index (κ2) is 3.40. The fourth-order valence-corrected chi connectivity index (χ4v) is 1.81. The van der Waals surface area contributed by atoms with Gasteiger partial charge in [-0.25, -0.2) is 4.79 Å². The second-order valence-electron chi connectivity index (χ2n) is 3.51. The van der Waals surface area contributed by atoms with Gasteiger partial charge in [-0.15, -0.1) is 0 Å². The molecule has 2 heterocycles. The standard InChI is InChI=1S/C11H13NO2/c1-3-9-7(2)10-8(11(13)14-9)5-4-6-12-10/h4-7,9H,3H2,1-2H3/t7-,9-/m0/s1/i6D. The van der Waals surface area contributed by atoms with Gasteiger partial charge in [-0.3, -0.25) is 4.98 Å². The molecule has 2 rings (SSSR count). The maximum Gasteiger partial charge on any atom is 0.340 e. The number of ether oxygens (including phenoxy) is 1. The normalized spacial score (nSPS) is 26.4. The van der Waals surface area contributed by atoms with Crippen molar-refractivity contribution in [1.29, 1.82) is 0 Å². The highest BCUT2D eigenvalue weighted by atomic mass is 16.5. The van der Waals surface area contributed by atoms with Gasteiger partial charge in [0.2, 0.25) is 0 Å². The molecule has 0 radical (unpaired) electrons. The highest BCUT2D eigenvalue weighted by molar-refractivity contribution is 5.91. The zero-order valence-corrected chi connectivity index (χ0v) is 8.28. The van der Waals surface area contributed by atoms with Crippen LogP contribution in [-0.4, -0.2) is 17.1 Å². The highest BCUT2D eigenvalue weighted by Crippen LogP contribution is 2.30. The lowest BCUT2D eigenvalue weighted by molar-refractivity contribution is 0.0174. The Balaban J connectivity index is 2.50. The largest absolute Gasteiger partial charge is 0.458 e. The smallest absolute Gasteiger partial charge is 0.340 e. The van der Waals surface area contributed by atoms with Crippen LogP contribution in [0.3, 0.4) is 0 Å². The van der Waals surface area contributed by atoms with E-state index >= 15 is 0 Å². The van der Waals surface area contributed by atoms with Crippen molar-refractivity contribution >= 4 is 5.97 Å². The topological polar surface area (TPSA) is 39.2 Å². The minimum atomic E-state index is -0.317. The van der Waals surface area contributed by atoms with Gasteiger partial charge in [0.15, 0.2) is 0 Å². The molecule has 0 amide bonds. The number of cyclic esters (lactones) is 1. The maximum absolute atomic E-state index is 11.6. The Hall–Kier alpha value is -1.38. The van der Waals surface area contributed by atoms with Crippen LogP contribution < -0.4 is 0 Å². The minimum Gasteiger partial charge on any atom is -0.458 e. The first kappa shape index (κ1) is 7.97. The van der Waals surface area contributed by atoms with Crippen molar-refractivity contribution in [2.75, 3.05) is 0 Å². The van der Waals surface area contributed by atoms with E-state index in [0.717, 1.165) is 6.42 Å². The third-order valence-electron chi connectivity index (χ3n) is 2.66. The molecule has 0 saturated carbocycles. The SMILES string of the molecule is [2H]c1ccc2c(n1)[C@@H](C)[C@H](CC)OC2=O. The molecular formula is C11H13NO2. The summed E-state index contributed by atoms with van der Waals surface area (Å²) in [6.45, 7) is 3.95. The molecule has 1 aromatic rings. The number of fused-ring (bicyclic) bond motifs is 1. The van der Waals surface area contributed by atoms with Crippen LogP contribution in [0.15, 0.2) is 18.3 Å². The number of hydrogen-bond donors (Lipinski definition) is 0. The fraction of sp³-hybridized carbons (Fsp3) is 0.455. The Kier molecular flexibility index (Phi) is 1.94. The van der Waals surface area contributed by atoms with Crippen molar-refractivity contribution in [3.63, 3.8) is 0 Å². The molecule has 1 aliphatic heterocycles. The van der Waals surface area contributed by atoms with Crippen LogP contribution in [0.4, 0.5) is 0 Å². The molecule has 74 valence electrons. The summed E-state index contributed by atoms with van der Waals surface area (Å²) in [6.07, 6.45) is 0.862. The summed E-state index contributed by atoms with van der Waals surface area (Å²) in [6, 6.07) is 3.13. The van der Waals surface area contributed by atoms with Gasteiger partial charge in [0.25, 0.3) is 0 Å². The van der Waals surface area contributed by atoms with E-state index in [1.807, 2.05) is 13.8 Å². The van der Waals surface area contributed by atoms with E-state index in [9.17, 15) is 4.79 Å². The monoisotopic (exact) mass is 192 g/mol. The average Bonchev–Trinajstić information content (AvgIpc) is 2.23. The van der Waals surface area contributed by atoms with E-state index in [2.05, 4.69) is 4.98 Å². The van der Waals surface area contributed by atoms with E-state index in [4.69, 9.17) is 6.11 Å². The molecule has 2 atom stereocenters. The zero-order valence-electron chi connectivity index (χ0n) is 9.28. The summed E-state index contributed by atoms with van der Waals surface area (Å²) in [5.41, 5.74) is 1.20. The molecule has 14 heavy (non-hydrogen) atoms. The van der Waals surface area contributed by atoms with E-state index in [0.29, 0.717) is 11.3 Å². The summed E-state index contributed by atoms with van der Waals surface area (Å²) in [4.78, 5) is 15.7. The summed E-state index contributed by atoms with van der Waals surface area (Å²) < 4.78 is 12.7. The highest BCUT2D eigenvalue weighted by Gasteiger charge is 2.32. The van der Waals surface area contributed by atoms with Crippen molar-refractivity contribution in [2.45, 2.75) is 32.3 Å². The van der Waals surface area contributed by atoms with E-state index in [1.54, 1.807) is 6.07 Å². The first-order valence-corrected chi connectivity index (χ1v) is 4.82. The number of esters is 1. The van der Waals surface area contributed by atoms with Crippen LogP contribution in [0, 0.1) is 0 Å². The number of aromatic nitrogens is 1. The van der Waals surface area contributed by atoms with Gasteiger partial charge in [-0.1, -0.05) is 13.8 Å². The molecule has 0 N–H and O–H groups in total. The molecule has 1 aromatic heterocycles. The van der Waals surface area contributed by atoms with Gasteiger partial charge >= 0.3 is 5.97 Å². The minimum absolute atomic E-state index is 0.0769. The number of hydrogen-bond acceptors (Lipinski definition) is 3. The zero-order chi connectivity index (χ0) is 11.0. The lowest BCUT2D eigenvalue weighted by Gasteiger charge is -2.28. The average molecular weight is 192 g/mol. The van der Waals surface area contributed by atoms with Crippen LogP contribution >= 0.6 is 0 Å². The number of rotatable bonds is 1. The molecule has 0 bridgehead atoms. The van der Waals surface area contributed by atoms with Crippen LogP contribution in [-0.2, 0) is 4.74 Å². The molecule has 3 nitrogen and oxygen atoms in total. The quantitative estimate of drug-likeness (QED) is 0.640. The molecule has 0 saturated heterocycles. The van der Waals surface area contributed by atoms with E-state index < -0.39 is 0 Å². The fourth-order valence-electron chi connectivity index (χ4n) is 1.81. The molecule has 0 unspecified atom stereocenters. The summed E-state index contributed by atoms with van der Waals surface area (Å²) in [5, 5.41) is 0. The third-order valence-corrected chi connectivity index (χ3v) is 2.66. The van der Waals surface area contributed by atoms with Crippen LogP contribution in [0.1, 0.15) is 43.6 Å². The number of carbonyl (C=O) groups excluding carboxylic acids is 1. The van der Waals surface area contributed by atoms with Crippen LogP contribution in [0.5, 0.6) is 0 Å². The van der Waals surface area contributed by atoms with Crippen molar-refractivity contribution in [1.82, 2.24) is 4.98 Å². The Bertz CT molecular complexity index is 406. The van der Waals surface area contributed by atoms with Crippen LogP contribution in [0.25, 0.3) is 0 Å². The predicted octanol–water partition coefficient (Wildman–Crippen LogP) is 2.13. The predicted molar refractivity (Wildman–Crippen MR) is 52.1 cm³/mol. The van der Waals surface area contributed by atoms with Gasteiger partial charge in [0, 0.05) is 12.1 Å². The lowest BCUT2D eigenvalue weighted by atomic mass is 9.92. The molecule has 0 fully saturated rings. The lowest BCUT2D eigenvalue weighted by Crippen LogP contribution is -2.31. The van der Waals surface area contributed by atoms with Gasteiger partial charge in [-0.2, -0.15) is 0 Å². The first-order chi connectivity index (χ1) is 7.13. The summed E-state index contributed by atoms with van der Waals surface area (Å²) >= 11 is 0. The molecule has 0 aliphatic carbocycles. The first-order valence-electron chi connectivity index (χ1n) is 5.32. The Morgan fingerprint density at radius 2 is 2.50 bits per heavy atom. The summed E-state index contributed by atoms with van der Waals surface area (Å²) in [5.74, 6) is -0.240. The number of nitrogens with zero attached hydrogens (tertiary/aromatic N) is 1. The van der Waals surface area contributed by atoms with Gasteiger partial charge in [-0.05, 0) is 18.6 Å². The molecule has 0 spiro atoms. The van der Waals surface area contributed by atoms with Gasteiger partial charge in [0.1, 0.15) is 6.10 Å². The number of carbonyl (C=O) groups is 1. The molecule has 0 aromatic carbocycles. The maximum atomic E-state index is 11.6. The van der Waals surface area contributed by atoms with Crippen molar-refractivity contribution in [2.24, 2.45) is 0 Å². The second-order valence-corrected chi connectivity index (χ2v) is 3.51. The van der Waals surface area contributed by atoms with Crippen molar-refractivity contribution < 1.29 is 10.9 Å². The Morgan fingerprint density at radius 3 is 3.21 bits per heavy atom. The van der Waals surface area contributed by atoms with Crippen molar-refractivity contribution in [3.8, 4) is 0 Å². The Morgan fingerprint density at radius 1 is 1.71 bits per heavy atom. The van der Waals surface area contributed by atoms with E-state index in [-0.39, 0.29) is 24.2 Å². The van der Waals surface area contributed by atoms with Gasteiger partial charge in [0.05, 0.1) is 12.6 Å². The number of pyridine rings is 1. The van der Waals surface area contributed by atoms with Gasteiger partial charge < -0.3 is 4.74 Å². The van der Waals surface area contributed by atoms with Crippen molar-refractivity contribution in [3.05, 3.63) is 29.6 Å². The third kappa shape index (κ3) is 1.29. The van der Waals surface area contributed by atoms with E-state index in [1.165, 1.54) is 6.07 Å². The summed E-state index contributed by atoms with van der Waals surface area (Å²) in [7, 11) is 0. The Labute approximate surface area is 84.5 Å².